The average Bonchev–Trinajstić information content (AvgIpc) is 3.31. The molecule has 0 bridgehead atoms. The Morgan fingerprint density at radius 3 is 2.50 bits per heavy atom. The van der Waals surface area contributed by atoms with Crippen molar-refractivity contribution in [2.45, 2.75) is 95.8 Å². The van der Waals surface area contributed by atoms with Gasteiger partial charge in [-0.3, -0.25) is 14.5 Å². The van der Waals surface area contributed by atoms with E-state index in [9.17, 15) is 14.0 Å². The van der Waals surface area contributed by atoms with E-state index in [4.69, 9.17) is 4.74 Å². The van der Waals surface area contributed by atoms with Gasteiger partial charge in [-0.05, 0) is 71.7 Å². The Hall–Kier alpha value is -2.13. The summed E-state index contributed by atoms with van der Waals surface area (Å²) in [6, 6.07) is 3.54. The Bertz CT molecular complexity index is 1070. The monoisotopic (exact) mass is 520 g/mol. The zero-order valence-corrected chi connectivity index (χ0v) is 23.1. The molecule has 1 aliphatic carbocycles. The Morgan fingerprint density at radius 2 is 1.86 bits per heavy atom. The van der Waals surface area contributed by atoms with Crippen LogP contribution in [0.1, 0.15) is 79.0 Å². The maximum atomic E-state index is 14.7. The van der Waals surface area contributed by atoms with Crippen molar-refractivity contribution in [2.24, 2.45) is 0 Å². The fourth-order valence-corrected chi connectivity index (χ4v) is 5.79. The molecule has 9 heteroatoms. The first-order valence-electron chi connectivity index (χ1n) is 13.2. The van der Waals surface area contributed by atoms with E-state index in [0.29, 0.717) is 40.6 Å². The van der Waals surface area contributed by atoms with E-state index < -0.39 is 17.0 Å². The summed E-state index contributed by atoms with van der Waals surface area (Å²) in [4.78, 5) is 34.1. The highest BCUT2D eigenvalue weighted by atomic mass is 32.2. The standard InChI is InChI=1S/C25H35FN4O3S.C2H6/c1-25(2,3)33-22(31)14-30-10-8-18(9-11-30)34-15-21-28-20-13-17(27-16-6-4-5-7-16)12-19(26)23(20)24(32)29-21;1-2/h12-13,16,18,27H,4-11,14-15H2,1-3H3,(H,28,29,32);1-2H3. The Balaban J connectivity index is 0.00000176. The van der Waals surface area contributed by atoms with Crippen LogP contribution in [0.5, 0.6) is 0 Å². The number of thioether (sulfide) groups is 1. The number of benzene rings is 1. The summed E-state index contributed by atoms with van der Waals surface area (Å²) in [7, 11) is 0. The molecule has 1 aromatic heterocycles. The van der Waals surface area contributed by atoms with Crippen molar-refractivity contribution in [1.29, 1.82) is 0 Å². The van der Waals surface area contributed by atoms with E-state index in [1.165, 1.54) is 18.9 Å². The number of hydrogen-bond acceptors (Lipinski definition) is 7. The lowest BCUT2D eigenvalue weighted by atomic mass is 10.1. The van der Waals surface area contributed by atoms with Crippen molar-refractivity contribution in [3.05, 3.63) is 34.1 Å². The Morgan fingerprint density at radius 1 is 1.19 bits per heavy atom. The molecule has 1 aromatic carbocycles. The van der Waals surface area contributed by atoms with Crippen molar-refractivity contribution in [1.82, 2.24) is 14.9 Å². The first kappa shape index (κ1) is 28.4. The number of aromatic nitrogens is 2. The van der Waals surface area contributed by atoms with Crippen LogP contribution < -0.4 is 10.9 Å². The average molecular weight is 521 g/mol. The maximum absolute atomic E-state index is 14.7. The number of ether oxygens (including phenoxy) is 1. The molecule has 1 saturated carbocycles. The number of anilines is 1. The highest BCUT2D eigenvalue weighted by Crippen LogP contribution is 2.28. The molecule has 0 radical (unpaired) electrons. The van der Waals surface area contributed by atoms with Gasteiger partial charge >= 0.3 is 5.97 Å². The number of fused-ring (bicyclic) bond motifs is 1. The lowest BCUT2D eigenvalue weighted by Gasteiger charge is -2.31. The summed E-state index contributed by atoms with van der Waals surface area (Å²) >= 11 is 1.75. The van der Waals surface area contributed by atoms with Crippen LogP contribution in [0.4, 0.5) is 10.1 Å². The van der Waals surface area contributed by atoms with Crippen LogP contribution in [0.3, 0.4) is 0 Å². The molecule has 0 unspecified atom stereocenters. The maximum Gasteiger partial charge on any atom is 0.320 e. The summed E-state index contributed by atoms with van der Waals surface area (Å²) in [6.45, 7) is 11.6. The van der Waals surface area contributed by atoms with Crippen LogP contribution in [0.2, 0.25) is 0 Å². The summed E-state index contributed by atoms with van der Waals surface area (Å²) in [5, 5.41) is 3.83. The van der Waals surface area contributed by atoms with Gasteiger partial charge < -0.3 is 15.0 Å². The van der Waals surface area contributed by atoms with Gasteiger partial charge in [-0.25, -0.2) is 9.37 Å². The molecule has 0 spiro atoms. The topological polar surface area (TPSA) is 87.3 Å². The molecule has 36 heavy (non-hydrogen) atoms. The van der Waals surface area contributed by atoms with Crippen LogP contribution in [0.15, 0.2) is 16.9 Å². The first-order chi connectivity index (χ1) is 17.2. The molecule has 0 amide bonds. The Kier molecular flexibility index (Phi) is 10.2. The highest BCUT2D eigenvalue weighted by molar-refractivity contribution is 7.99. The number of carbonyl (C=O) groups is 1. The number of halogens is 1. The van der Waals surface area contributed by atoms with E-state index in [-0.39, 0.29) is 11.4 Å². The first-order valence-corrected chi connectivity index (χ1v) is 14.3. The second-order valence-electron chi connectivity index (χ2n) is 10.4. The van der Waals surface area contributed by atoms with Crippen LogP contribution in [-0.2, 0) is 15.3 Å². The van der Waals surface area contributed by atoms with Gasteiger partial charge in [0.2, 0.25) is 0 Å². The van der Waals surface area contributed by atoms with Gasteiger partial charge in [0.1, 0.15) is 22.6 Å². The molecule has 200 valence electrons. The van der Waals surface area contributed by atoms with Crippen molar-refractivity contribution < 1.29 is 13.9 Å². The van der Waals surface area contributed by atoms with Crippen molar-refractivity contribution in [3.8, 4) is 0 Å². The minimum atomic E-state index is -0.539. The number of piperidine rings is 1. The van der Waals surface area contributed by atoms with Gasteiger partial charge in [-0.2, -0.15) is 11.8 Å². The summed E-state index contributed by atoms with van der Waals surface area (Å²) < 4.78 is 20.1. The minimum absolute atomic E-state index is 0.0150. The molecular formula is C27H41FN4O3S. The van der Waals surface area contributed by atoms with Crippen LogP contribution >= 0.6 is 11.8 Å². The van der Waals surface area contributed by atoms with E-state index in [1.807, 2.05) is 34.6 Å². The number of rotatable bonds is 7. The predicted octanol–water partition coefficient (Wildman–Crippen LogP) is 5.48. The van der Waals surface area contributed by atoms with E-state index >= 15 is 0 Å². The Labute approximate surface area is 218 Å². The van der Waals surface area contributed by atoms with Crippen LogP contribution in [0.25, 0.3) is 10.9 Å². The molecule has 7 nitrogen and oxygen atoms in total. The molecule has 0 atom stereocenters. The number of likely N-dealkylation sites (tertiary alicyclic amines) is 1. The second-order valence-corrected chi connectivity index (χ2v) is 11.7. The number of carbonyl (C=O) groups excluding carboxylic acids is 1. The van der Waals surface area contributed by atoms with Gasteiger partial charge in [0.15, 0.2) is 0 Å². The minimum Gasteiger partial charge on any atom is -0.459 e. The molecule has 2 aliphatic rings. The SMILES string of the molecule is CC.CC(C)(C)OC(=O)CN1CCC(SCc2nc3cc(NC4CCCC4)cc(F)c3c(=O)[nH]2)CC1. The smallest absolute Gasteiger partial charge is 0.320 e. The van der Waals surface area contributed by atoms with E-state index in [2.05, 4.69) is 20.2 Å². The number of aromatic amines is 1. The highest BCUT2D eigenvalue weighted by Gasteiger charge is 2.24. The predicted molar refractivity (Wildman–Crippen MR) is 146 cm³/mol. The number of esters is 1. The lowest BCUT2D eigenvalue weighted by molar-refractivity contribution is -0.156. The normalized spacial score (nSPS) is 17.6. The van der Waals surface area contributed by atoms with Gasteiger partial charge in [0.25, 0.3) is 5.56 Å². The molecule has 1 aliphatic heterocycles. The van der Waals surface area contributed by atoms with Gasteiger partial charge in [-0.1, -0.05) is 26.7 Å². The zero-order valence-electron chi connectivity index (χ0n) is 22.3. The molecule has 2 fully saturated rings. The third kappa shape index (κ3) is 8.20. The summed E-state index contributed by atoms with van der Waals surface area (Å²) in [5.74, 6) is 0.397. The quantitative estimate of drug-likeness (QED) is 0.467. The lowest BCUT2D eigenvalue weighted by Crippen LogP contribution is -2.40. The van der Waals surface area contributed by atoms with Crippen molar-refractivity contribution in [2.75, 3.05) is 25.0 Å². The third-order valence-electron chi connectivity index (χ3n) is 6.30. The number of hydrogen-bond donors (Lipinski definition) is 2. The fourth-order valence-electron chi connectivity index (χ4n) is 4.72. The number of nitrogens with zero attached hydrogens (tertiary/aromatic N) is 2. The van der Waals surface area contributed by atoms with Gasteiger partial charge in [-0.15, -0.1) is 0 Å². The van der Waals surface area contributed by atoms with Crippen molar-refractivity contribution >= 4 is 34.3 Å². The largest absolute Gasteiger partial charge is 0.459 e. The van der Waals surface area contributed by atoms with Crippen LogP contribution in [0, 0.1) is 5.82 Å². The number of nitrogens with one attached hydrogen (secondary N) is 2. The molecule has 2 aromatic rings. The van der Waals surface area contributed by atoms with Crippen LogP contribution in [-0.4, -0.2) is 57.4 Å². The summed E-state index contributed by atoms with van der Waals surface area (Å²) in [5.41, 5.74) is 0.182. The molecule has 2 N–H and O–H groups in total. The van der Waals surface area contributed by atoms with Gasteiger partial charge in [0, 0.05) is 17.0 Å². The van der Waals surface area contributed by atoms with E-state index in [1.54, 1.807) is 17.8 Å². The summed E-state index contributed by atoms with van der Waals surface area (Å²) in [6.07, 6.45) is 6.45. The molecule has 4 rings (SSSR count). The third-order valence-corrected chi connectivity index (χ3v) is 7.68. The van der Waals surface area contributed by atoms with Crippen molar-refractivity contribution in [3.63, 3.8) is 0 Å². The fraction of sp³-hybridized carbons (Fsp3) is 0.667. The number of H-pyrrole nitrogens is 1. The molecular weight excluding hydrogens is 479 g/mol. The van der Waals surface area contributed by atoms with Gasteiger partial charge in [0.05, 0.1) is 17.8 Å². The van der Waals surface area contributed by atoms with E-state index in [0.717, 1.165) is 38.8 Å². The second kappa shape index (κ2) is 12.9. The molecule has 1 saturated heterocycles. The zero-order chi connectivity index (χ0) is 26.3. The molecule has 2 heterocycles.